The first-order valence-corrected chi connectivity index (χ1v) is 6.97. The van der Waals surface area contributed by atoms with Gasteiger partial charge in [0.05, 0.1) is 5.92 Å². The summed E-state index contributed by atoms with van der Waals surface area (Å²) in [7, 11) is 1.77. The molecule has 0 unspecified atom stereocenters. The molecule has 0 saturated heterocycles. The molecule has 2 atom stereocenters. The molecule has 1 fully saturated rings. The van der Waals surface area contributed by atoms with Gasteiger partial charge in [-0.15, -0.1) is 0 Å². The number of carboxylic acid groups (broad SMARTS) is 1. The molecule has 4 heteroatoms. The molecule has 0 spiro atoms. The topological polar surface area (TPSA) is 57.6 Å². The van der Waals surface area contributed by atoms with E-state index in [0.717, 1.165) is 11.3 Å². The molecule has 1 amide bonds. The van der Waals surface area contributed by atoms with E-state index in [1.54, 1.807) is 11.9 Å². The van der Waals surface area contributed by atoms with Crippen molar-refractivity contribution >= 4 is 17.6 Å². The summed E-state index contributed by atoms with van der Waals surface area (Å²) in [5.41, 5.74) is 3.13. The zero-order valence-corrected chi connectivity index (χ0v) is 12.2. The average Bonchev–Trinajstić information content (AvgIpc) is 2.87. The summed E-state index contributed by atoms with van der Waals surface area (Å²) in [5, 5.41) is 9.02. The highest BCUT2D eigenvalue weighted by Crippen LogP contribution is 2.33. The van der Waals surface area contributed by atoms with Crippen LogP contribution < -0.4 is 4.90 Å². The molecular weight excluding hydrogens is 254 g/mol. The summed E-state index contributed by atoms with van der Waals surface area (Å²) >= 11 is 0. The standard InChI is InChI=1S/C16H21NO3/c1-10-4-7-14(11(2)8-10)17(3)15(18)12-5-6-13(9-12)16(19)20/h4,7-8,12-13H,5-6,9H2,1-3H3,(H,19,20)/t12-,13+/m1/s1. The maximum atomic E-state index is 12.5. The summed E-state index contributed by atoms with van der Waals surface area (Å²) in [6.07, 6.45) is 1.74. The molecule has 0 bridgehead atoms. The minimum atomic E-state index is -0.783. The van der Waals surface area contributed by atoms with E-state index in [4.69, 9.17) is 5.11 Å². The van der Waals surface area contributed by atoms with E-state index in [0.29, 0.717) is 19.3 Å². The Hall–Kier alpha value is -1.84. The van der Waals surface area contributed by atoms with E-state index < -0.39 is 5.97 Å². The Labute approximate surface area is 119 Å². The van der Waals surface area contributed by atoms with Crippen molar-refractivity contribution in [3.63, 3.8) is 0 Å². The number of carbonyl (C=O) groups excluding carboxylic acids is 1. The van der Waals surface area contributed by atoms with Gasteiger partial charge in [-0.3, -0.25) is 9.59 Å². The fraction of sp³-hybridized carbons (Fsp3) is 0.500. The highest BCUT2D eigenvalue weighted by atomic mass is 16.4. The second kappa shape index (κ2) is 5.65. The number of anilines is 1. The van der Waals surface area contributed by atoms with Gasteiger partial charge in [0, 0.05) is 18.7 Å². The van der Waals surface area contributed by atoms with Gasteiger partial charge in [0.1, 0.15) is 0 Å². The van der Waals surface area contributed by atoms with Gasteiger partial charge in [-0.05, 0) is 44.7 Å². The molecule has 1 aromatic carbocycles. The Morgan fingerprint density at radius 3 is 2.40 bits per heavy atom. The maximum absolute atomic E-state index is 12.5. The SMILES string of the molecule is Cc1ccc(N(C)C(=O)[C@@H]2CC[C@H](C(=O)O)C2)c(C)c1. The first kappa shape index (κ1) is 14.6. The van der Waals surface area contributed by atoms with Gasteiger partial charge < -0.3 is 10.0 Å². The summed E-state index contributed by atoms with van der Waals surface area (Å²) in [6.45, 7) is 4.01. The van der Waals surface area contributed by atoms with E-state index in [-0.39, 0.29) is 17.7 Å². The fourth-order valence-corrected chi connectivity index (χ4v) is 3.00. The molecule has 0 heterocycles. The lowest BCUT2D eigenvalue weighted by atomic mass is 10.0. The van der Waals surface area contributed by atoms with Crippen molar-refractivity contribution in [2.24, 2.45) is 11.8 Å². The normalized spacial score (nSPS) is 21.8. The van der Waals surface area contributed by atoms with Crippen LogP contribution in [0, 0.1) is 25.7 Å². The second-order valence-electron chi connectivity index (χ2n) is 5.73. The largest absolute Gasteiger partial charge is 0.481 e. The Bertz CT molecular complexity index is 539. The third kappa shape index (κ3) is 2.84. The Balaban J connectivity index is 2.11. The van der Waals surface area contributed by atoms with Crippen molar-refractivity contribution in [2.75, 3.05) is 11.9 Å². The van der Waals surface area contributed by atoms with Crippen LogP contribution in [0.25, 0.3) is 0 Å². The summed E-state index contributed by atoms with van der Waals surface area (Å²) in [4.78, 5) is 25.1. The molecule has 108 valence electrons. The number of aryl methyl sites for hydroxylation is 2. The predicted molar refractivity (Wildman–Crippen MR) is 77.8 cm³/mol. The van der Waals surface area contributed by atoms with Crippen molar-refractivity contribution in [3.05, 3.63) is 29.3 Å². The van der Waals surface area contributed by atoms with Crippen molar-refractivity contribution in [1.29, 1.82) is 0 Å². The lowest BCUT2D eigenvalue weighted by Crippen LogP contribution is -2.32. The number of carboxylic acids is 1. The summed E-state index contributed by atoms with van der Waals surface area (Å²) in [5.74, 6) is -1.28. The van der Waals surface area contributed by atoms with Crippen molar-refractivity contribution in [3.8, 4) is 0 Å². The number of hydrogen-bond acceptors (Lipinski definition) is 2. The highest BCUT2D eigenvalue weighted by molar-refractivity contribution is 5.95. The number of aliphatic carboxylic acids is 1. The summed E-state index contributed by atoms with van der Waals surface area (Å²) < 4.78 is 0. The van der Waals surface area contributed by atoms with Crippen molar-refractivity contribution in [2.45, 2.75) is 33.1 Å². The molecule has 0 radical (unpaired) electrons. The molecule has 0 aromatic heterocycles. The van der Waals surface area contributed by atoms with E-state index >= 15 is 0 Å². The smallest absolute Gasteiger partial charge is 0.306 e. The lowest BCUT2D eigenvalue weighted by molar-refractivity contribution is -0.141. The number of amides is 1. The van der Waals surface area contributed by atoms with E-state index in [9.17, 15) is 9.59 Å². The molecule has 1 aliphatic rings. The Morgan fingerprint density at radius 1 is 1.20 bits per heavy atom. The lowest BCUT2D eigenvalue weighted by Gasteiger charge is -2.23. The van der Waals surface area contributed by atoms with Crippen LogP contribution in [-0.2, 0) is 9.59 Å². The molecule has 1 N–H and O–H groups in total. The van der Waals surface area contributed by atoms with Gasteiger partial charge in [-0.1, -0.05) is 17.7 Å². The molecule has 4 nitrogen and oxygen atoms in total. The molecular formula is C16H21NO3. The van der Waals surface area contributed by atoms with Crippen LogP contribution >= 0.6 is 0 Å². The number of hydrogen-bond donors (Lipinski definition) is 1. The van der Waals surface area contributed by atoms with Gasteiger partial charge in [0.25, 0.3) is 0 Å². The molecule has 0 aliphatic heterocycles. The van der Waals surface area contributed by atoms with Crippen LogP contribution in [0.2, 0.25) is 0 Å². The maximum Gasteiger partial charge on any atom is 0.306 e. The monoisotopic (exact) mass is 275 g/mol. The van der Waals surface area contributed by atoms with E-state index in [1.807, 2.05) is 32.0 Å². The first-order valence-electron chi connectivity index (χ1n) is 6.97. The molecule has 1 aliphatic carbocycles. The van der Waals surface area contributed by atoms with Gasteiger partial charge in [0.15, 0.2) is 0 Å². The second-order valence-corrected chi connectivity index (χ2v) is 5.73. The first-order chi connectivity index (χ1) is 9.40. The third-order valence-electron chi connectivity index (χ3n) is 4.18. The van der Waals surface area contributed by atoms with Crippen LogP contribution in [0.5, 0.6) is 0 Å². The van der Waals surface area contributed by atoms with Crippen molar-refractivity contribution < 1.29 is 14.7 Å². The predicted octanol–water partition coefficient (Wildman–Crippen LogP) is 2.77. The van der Waals surface area contributed by atoms with Gasteiger partial charge in [-0.2, -0.15) is 0 Å². The Morgan fingerprint density at radius 2 is 1.85 bits per heavy atom. The number of rotatable bonds is 3. The van der Waals surface area contributed by atoms with Crippen LogP contribution in [0.4, 0.5) is 5.69 Å². The quantitative estimate of drug-likeness (QED) is 0.922. The van der Waals surface area contributed by atoms with E-state index in [2.05, 4.69) is 0 Å². The zero-order valence-electron chi connectivity index (χ0n) is 12.2. The van der Waals surface area contributed by atoms with E-state index in [1.165, 1.54) is 5.56 Å². The fourth-order valence-electron chi connectivity index (χ4n) is 3.00. The van der Waals surface area contributed by atoms with Crippen LogP contribution in [-0.4, -0.2) is 24.0 Å². The summed E-state index contributed by atoms with van der Waals surface area (Å²) in [6, 6.07) is 5.99. The molecule has 1 saturated carbocycles. The molecule has 2 rings (SSSR count). The van der Waals surface area contributed by atoms with Crippen LogP contribution in [0.3, 0.4) is 0 Å². The van der Waals surface area contributed by atoms with Gasteiger partial charge >= 0.3 is 5.97 Å². The Kier molecular flexibility index (Phi) is 4.12. The van der Waals surface area contributed by atoms with Gasteiger partial charge in [0.2, 0.25) is 5.91 Å². The highest BCUT2D eigenvalue weighted by Gasteiger charge is 2.35. The van der Waals surface area contributed by atoms with Crippen LogP contribution in [0.15, 0.2) is 18.2 Å². The molecule has 1 aromatic rings. The number of benzene rings is 1. The number of carbonyl (C=O) groups is 2. The minimum Gasteiger partial charge on any atom is -0.481 e. The third-order valence-corrected chi connectivity index (χ3v) is 4.18. The minimum absolute atomic E-state index is 0.0284. The molecule has 20 heavy (non-hydrogen) atoms. The van der Waals surface area contributed by atoms with Gasteiger partial charge in [-0.25, -0.2) is 0 Å². The van der Waals surface area contributed by atoms with Crippen molar-refractivity contribution in [1.82, 2.24) is 0 Å². The average molecular weight is 275 g/mol. The zero-order chi connectivity index (χ0) is 14.9. The number of nitrogens with zero attached hydrogens (tertiary/aromatic N) is 1. The van der Waals surface area contributed by atoms with Crippen LogP contribution in [0.1, 0.15) is 30.4 Å².